The Morgan fingerprint density at radius 1 is 1.19 bits per heavy atom. The van der Waals surface area contributed by atoms with Crippen molar-refractivity contribution in [3.05, 3.63) is 58.5 Å². The van der Waals surface area contributed by atoms with Crippen molar-refractivity contribution in [3.63, 3.8) is 0 Å². The predicted octanol–water partition coefficient (Wildman–Crippen LogP) is 2.99. The van der Waals surface area contributed by atoms with Crippen molar-refractivity contribution in [2.45, 2.75) is 6.04 Å². The zero-order valence-electron chi connectivity index (χ0n) is 15.3. The van der Waals surface area contributed by atoms with Crippen molar-refractivity contribution in [3.8, 4) is 17.2 Å². The molecule has 0 radical (unpaired) electrons. The maximum Gasteiger partial charge on any atom is 0.251 e. The molecule has 1 unspecified atom stereocenters. The van der Waals surface area contributed by atoms with E-state index in [9.17, 15) is 4.79 Å². The third kappa shape index (κ3) is 4.06. The van der Waals surface area contributed by atoms with Gasteiger partial charge in [-0.2, -0.15) is 5.10 Å². The molecule has 7 nitrogen and oxygen atoms in total. The number of methoxy groups -OCH3 is 3. The van der Waals surface area contributed by atoms with Crippen LogP contribution < -0.4 is 19.5 Å². The maximum absolute atomic E-state index is 12.7. The molecule has 0 aliphatic heterocycles. The summed E-state index contributed by atoms with van der Waals surface area (Å²) in [5.41, 5.74) is 0.426. The molecule has 1 amide bonds. The highest BCUT2D eigenvalue weighted by Gasteiger charge is 2.20. The molecule has 2 heterocycles. The van der Waals surface area contributed by atoms with Gasteiger partial charge in [0.2, 0.25) is 5.75 Å². The Hall–Kier alpha value is -3.00. The van der Waals surface area contributed by atoms with Gasteiger partial charge in [0.1, 0.15) is 6.04 Å². The van der Waals surface area contributed by atoms with Gasteiger partial charge in [-0.05, 0) is 29.6 Å². The molecule has 0 saturated heterocycles. The minimum atomic E-state index is -0.233. The van der Waals surface area contributed by atoms with Gasteiger partial charge in [-0.3, -0.25) is 9.48 Å². The average molecular weight is 387 g/mol. The largest absolute Gasteiger partial charge is 0.493 e. The van der Waals surface area contributed by atoms with Crippen LogP contribution >= 0.6 is 11.3 Å². The van der Waals surface area contributed by atoms with Crippen molar-refractivity contribution in [2.75, 3.05) is 27.9 Å². The fourth-order valence-electron chi connectivity index (χ4n) is 2.77. The molecule has 0 spiro atoms. The third-order valence-corrected chi connectivity index (χ3v) is 5.07. The van der Waals surface area contributed by atoms with Crippen LogP contribution in [0.5, 0.6) is 17.2 Å². The van der Waals surface area contributed by atoms with Gasteiger partial charge in [0.15, 0.2) is 11.5 Å². The molecule has 3 rings (SSSR count). The Bertz CT molecular complexity index is 819. The molecule has 3 aromatic rings. The van der Waals surface area contributed by atoms with E-state index in [0.717, 1.165) is 4.88 Å². The number of nitrogens with one attached hydrogen (secondary N) is 1. The fraction of sp³-hybridized carbons (Fsp3) is 0.263. The van der Waals surface area contributed by atoms with E-state index in [2.05, 4.69) is 10.4 Å². The number of aromatic nitrogens is 2. The quantitative estimate of drug-likeness (QED) is 0.643. The van der Waals surface area contributed by atoms with Crippen LogP contribution in [-0.4, -0.2) is 43.6 Å². The van der Waals surface area contributed by atoms with Crippen LogP contribution in [0.2, 0.25) is 0 Å². The first kappa shape index (κ1) is 18.8. The minimum absolute atomic E-state index is 0.0778. The van der Waals surface area contributed by atoms with Crippen molar-refractivity contribution < 1.29 is 19.0 Å². The lowest BCUT2D eigenvalue weighted by Crippen LogP contribution is -2.31. The first-order valence-corrected chi connectivity index (χ1v) is 9.16. The first-order chi connectivity index (χ1) is 13.2. The lowest BCUT2D eigenvalue weighted by atomic mass is 10.1. The molecule has 142 valence electrons. The first-order valence-electron chi connectivity index (χ1n) is 8.28. The van der Waals surface area contributed by atoms with Crippen LogP contribution in [0.25, 0.3) is 0 Å². The summed E-state index contributed by atoms with van der Waals surface area (Å²) in [6, 6.07) is 9.06. The standard InChI is InChI=1S/C19H21N3O4S/c1-24-15-10-13(11-16(25-2)18(15)26-3)19(23)20-12-14(17-6-4-9-27-17)22-8-5-7-21-22/h4-11,14H,12H2,1-3H3,(H,20,23). The molecule has 27 heavy (non-hydrogen) atoms. The van der Waals surface area contributed by atoms with E-state index in [1.165, 1.54) is 21.3 Å². The second-order valence-corrected chi connectivity index (χ2v) is 6.62. The summed E-state index contributed by atoms with van der Waals surface area (Å²) in [6.07, 6.45) is 3.61. The molecule has 2 aromatic heterocycles. The van der Waals surface area contributed by atoms with E-state index in [4.69, 9.17) is 14.2 Å². The van der Waals surface area contributed by atoms with E-state index in [1.54, 1.807) is 29.7 Å². The van der Waals surface area contributed by atoms with Crippen molar-refractivity contribution in [1.29, 1.82) is 0 Å². The summed E-state index contributed by atoms with van der Waals surface area (Å²) in [5, 5.41) is 9.29. The molecule has 1 aromatic carbocycles. The van der Waals surface area contributed by atoms with Gasteiger partial charge < -0.3 is 19.5 Å². The number of carbonyl (C=O) groups is 1. The molecule has 1 N–H and O–H groups in total. The molecular weight excluding hydrogens is 366 g/mol. The van der Waals surface area contributed by atoms with Gasteiger partial charge in [-0.25, -0.2) is 0 Å². The highest BCUT2D eigenvalue weighted by molar-refractivity contribution is 7.10. The summed E-state index contributed by atoms with van der Waals surface area (Å²) in [4.78, 5) is 13.8. The van der Waals surface area contributed by atoms with E-state index in [-0.39, 0.29) is 11.9 Å². The van der Waals surface area contributed by atoms with Crippen LogP contribution in [0, 0.1) is 0 Å². The van der Waals surface area contributed by atoms with Crippen LogP contribution in [0.15, 0.2) is 48.1 Å². The Morgan fingerprint density at radius 3 is 2.44 bits per heavy atom. The van der Waals surface area contributed by atoms with Crippen LogP contribution in [0.3, 0.4) is 0 Å². The molecule has 0 bridgehead atoms. The SMILES string of the molecule is COc1cc(C(=O)NCC(c2cccs2)n2cccn2)cc(OC)c1OC. The van der Waals surface area contributed by atoms with Gasteiger partial charge in [-0.15, -0.1) is 11.3 Å². The smallest absolute Gasteiger partial charge is 0.251 e. The molecule has 8 heteroatoms. The Kier molecular flexibility index (Phi) is 5.97. The lowest BCUT2D eigenvalue weighted by Gasteiger charge is -2.18. The topological polar surface area (TPSA) is 74.6 Å². The molecule has 0 aliphatic carbocycles. The fourth-order valence-corrected chi connectivity index (χ4v) is 3.59. The van der Waals surface area contributed by atoms with Crippen molar-refractivity contribution in [1.82, 2.24) is 15.1 Å². The van der Waals surface area contributed by atoms with E-state index in [0.29, 0.717) is 29.4 Å². The maximum atomic E-state index is 12.7. The molecule has 0 saturated carbocycles. The van der Waals surface area contributed by atoms with Crippen LogP contribution in [-0.2, 0) is 0 Å². The number of benzene rings is 1. The van der Waals surface area contributed by atoms with Gasteiger partial charge in [-0.1, -0.05) is 6.07 Å². The molecule has 1 atom stereocenters. The number of hydrogen-bond acceptors (Lipinski definition) is 6. The minimum Gasteiger partial charge on any atom is -0.493 e. The molecule has 0 aliphatic rings. The third-order valence-electron chi connectivity index (χ3n) is 4.10. The zero-order valence-corrected chi connectivity index (χ0v) is 16.2. The second-order valence-electron chi connectivity index (χ2n) is 5.64. The summed E-state index contributed by atoms with van der Waals surface area (Å²) in [7, 11) is 4.56. The number of carbonyl (C=O) groups excluding carboxylic acids is 1. The number of hydrogen-bond donors (Lipinski definition) is 1. The van der Waals surface area contributed by atoms with Gasteiger partial charge in [0.25, 0.3) is 5.91 Å². The second kappa shape index (κ2) is 8.59. The number of amides is 1. The van der Waals surface area contributed by atoms with Crippen LogP contribution in [0.1, 0.15) is 21.3 Å². The average Bonchev–Trinajstić information content (AvgIpc) is 3.41. The van der Waals surface area contributed by atoms with E-state index < -0.39 is 0 Å². The van der Waals surface area contributed by atoms with Crippen LogP contribution in [0.4, 0.5) is 0 Å². The number of nitrogens with zero attached hydrogens (tertiary/aromatic N) is 2. The van der Waals surface area contributed by atoms with Crippen molar-refractivity contribution in [2.24, 2.45) is 0 Å². The number of ether oxygens (including phenoxy) is 3. The lowest BCUT2D eigenvalue weighted by molar-refractivity contribution is 0.0948. The Labute approximate surface area is 161 Å². The van der Waals surface area contributed by atoms with Gasteiger partial charge in [0.05, 0.1) is 21.3 Å². The van der Waals surface area contributed by atoms with E-state index >= 15 is 0 Å². The zero-order chi connectivity index (χ0) is 19.2. The Morgan fingerprint density at radius 2 is 1.93 bits per heavy atom. The number of rotatable bonds is 8. The Balaban J connectivity index is 1.80. The normalized spacial score (nSPS) is 11.7. The summed E-state index contributed by atoms with van der Waals surface area (Å²) >= 11 is 1.63. The number of thiophene rings is 1. The van der Waals surface area contributed by atoms with Gasteiger partial charge >= 0.3 is 0 Å². The highest BCUT2D eigenvalue weighted by atomic mass is 32.1. The molecular formula is C19H21N3O4S. The monoisotopic (exact) mass is 387 g/mol. The predicted molar refractivity (Wildman–Crippen MR) is 103 cm³/mol. The van der Waals surface area contributed by atoms with Crippen molar-refractivity contribution >= 4 is 17.2 Å². The highest BCUT2D eigenvalue weighted by Crippen LogP contribution is 2.38. The summed E-state index contributed by atoms with van der Waals surface area (Å²) in [5.74, 6) is 1.08. The molecule has 0 fully saturated rings. The summed E-state index contributed by atoms with van der Waals surface area (Å²) < 4.78 is 17.8. The van der Waals surface area contributed by atoms with E-state index in [1.807, 2.05) is 34.5 Å². The summed E-state index contributed by atoms with van der Waals surface area (Å²) in [6.45, 7) is 0.400. The van der Waals surface area contributed by atoms with Gasteiger partial charge in [0, 0.05) is 29.4 Å².